The molecule has 1 aromatic heterocycles. The maximum absolute atomic E-state index is 11.8. The van der Waals surface area contributed by atoms with Crippen molar-refractivity contribution in [2.75, 3.05) is 32.6 Å². The first-order chi connectivity index (χ1) is 9.50. The zero-order valence-corrected chi connectivity index (χ0v) is 12.6. The molecule has 2 fully saturated rings. The number of hydrogen-bond acceptors (Lipinski definition) is 4. The Labute approximate surface area is 120 Å². The number of nitrogens with zero attached hydrogens (tertiary/aromatic N) is 3. The van der Waals surface area contributed by atoms with Gasteiger partial charge in [0.05, 0.1) is 0 Å². The molecule has 0 bridgehead atoms. The number of hydrogen-bond donors (Lipinski definition) is 1. The van der Waals surface area contributed by atoms with Crippen molar-refractivity contribution in [3.63, 3.8) is 0 Å². The summed E-state index contributed by atoms with van der Waals surface area (Å²) in [6.07, 6.45) is 6.05. The molecule has 2 saturated carbocycles. The van der Waals surface area contributed by atoms with E-state index in [0.29, 0.717) is 5.92 Å². The Hall–Kier alpha value is -1.36. The van der Waals surface area contributed by atoms with E-state index in [-0.39, 0.29) is 11.1 Å². The summed E-state index contributed by atoms with van der Waals surface area (Å²) in [5.41, 5.74) is 0.218. The number of H-pyrrole nitrogens is 1. The van der Waals surface area contributed by atoms with Gasteiger partial charge in [-0.1, -0.05) is 0 Å². The summed E-state index contributed by atoms with van der Waals surface area (Å²) in [5.74, 6) is 2.15. The molecule has 5 heteroatoms. The Morgan fingerprint density at radius 2 is 2.05 bits per heavy atom. The second-order valence-corrected chi connectivity index (χ2v) is 6.59. The lowest BCUT2D eigenvalue weighted by Gasteiger charge is -2.49. The third-order valence-corrected chi connectivity index (χ3v) is 4.87. The minimum Gasteiger partial charge on any atom is -0.358 e. The quantitative estimate of drug-likeness (QED) is 0.887. The molecule has 110 valence electrons. The van der Waals surface area contributed by atoms with Crippen molar-refractivity contribution in [1.29, 1.82) is 0 Å². The highest BCUT2D eigenvalue weighted by Crippen LogP contribution is 2.39. The lowest BCUT2D eigenvalue weighted by molar-refractivity contribution is 0.0681. The van der Waals surface area contributed by atoms with Gasteiger partial charge in [0.25, 0.3) is 5.56 Å². The number of aromatic nitrogens is 2. The summed E-state index contributed by atoms with van der Waals surface area (Å²) in [4.78, 5) is 23.8. The Bertz CT molecular complexity index is 543. The lowest BCUT2D eigenvalue weighted by atomic mass is 9.75. The molecule has 0 aliphatic heterocycles. The van der Waals surface area contributed by atoms with Gasteiger partial charge in [-0.15, -0.1) is 0 Å². The van der Waals surface area contributed by atoms with Gasteiger partial charge < -0.3 is 14.8 Å². The highest BCUT2D eigenvalue weighted by Gasteiger charge is 2.40. The standard InChI is InChI=1S/C15H24N4O/c1-18(2)15(7-4-8-15)10-19(3)12-9-13(20)17-14(16-12)11-5-6-11/h9,11H,4-8,10H2,1-3H3,(H,16,17,20). The van der Waals surface area contributed by atoms with Crippen LogP contribution in [0.25, 0.3) is 0 Å². The smallest absolute Gasteiger partial charge is 0.252 e. The van der Waals surface area contributed by atoms with Crippen LogP contribution in [0.4, 0.5) is 5.82 Å². The summed E-state index contributed by atoms with van der Waals surface area (Å²) in [5, 5.41) is 0. The highest BCUT2D eigenvalue weighted by atomic mass is 16.1. The van der Waals surface area contributed by atoms with E-state index < -0.39 is 0 Å². The molecule has 1 aromatic rings. The highest BCUT2D eigenvalue weighted by molar-refractivity contribution is 5.38. The summed E-state index contributed by atoms with van der Waals surface area (Å²) in [6.45, 7) is 0.931. The fourth-order valence-electron chi connectivity index (χ4n) is 3.06. The van der Waals surface area contributed by atoms with Gasteiger partial charge >= 0.3 is 0 Å². The van der Waals surface area contributed by atoms with E-state index in [4.69, 9.17) is 0 Å². The first-order valence-electron chi connectivity index (χ1n) is 7.50. The van der Waals surface area contributed by atoms with Crippen LogP contribution in [0.3, 0.4) is 0 Å². The predicted molar refractivity (Wildman–Crippen MR) is 80.4 cm³/mol. The first-order valence-corrected chi connectivity index (χ1v) is 7.50. The largest absolute Gasteiger partial charge is 0.358 e. The average Bonchev–Trinajstić information content (AvgIpc) is 3.16. The van der Waals surface area contributed by atoms with Gasteiger partial charge in [-0.05, 0) is 46.2 Å². The first kappa shape index (κ1) is 13.6. The molecule has 0 aromatic carbocycles. The molecule has 0 spiro atoms. The fourth-order valence-corrected chi connectivity index (χ4v) is 3.06. The van der Waals surface area contributed by atoms with E-state index in [9.17, 15) is 4.79 Å². The fraction of sp³-hybridized carbons (Fsp3) is 0.733. The SMILES string of the molecule is CN(CC1(N(C)C)CCC1)c1cc(=O)[nH]c(C2CC2)n1. The topological polar surface area (TPSA) is 52.2 Å². The van der Waals surface area contributed by atoms with E-state index in [0.717, 1.165) is 31.0 Å². The zero-order valence-electron chi connectivity index (χ0n) is 12.6. The van der Waals surface area contributed by atoms with Crippen LogP contribution in [0.1, 0.15) is 43.8 Å². The van der Waals surface area contributed by atoms with E-state index >= 15 is 0 Å². The molecule has 3 rings (SSSR count). The predicted octanol–water partition coefficient (Wildman–Crippen LogP) is 1.57. The maximum atomic E-state index is 11.8. The summed E-state index contributed by atoms with van der Waals surface area (Å²) in [7, 11) is 6.34. The molecule has 0 atom stereocenters. The normalized spacial score (nSPS) is 20.8. The third kappa shape index (κ3) is 2.46. The van der Waals surface area contributed by atoms with Gasteiger partial charge in [0.2, 0.25) is 0 Å². The molecule has 2 aliphatic carbocycles. The van der Waals surface area contributed by atoms with Crippen LogP contribution in [0.15, 0.2) is 10.9 Å². The summed E-state index contributed by atoms with van der Waals surface area (Å²) < 4.78 is 0. The number of nitrogens with one attached hydrogen (secondary N) is 1. The number of rotatable bonds is 5. The van der Waals surface area contributed by atoms with Crippen molar-refractivity contribution in [3.8, 4) is 0 Å². The molecule has 0 saturated heterocycles. The molecule has 5 nitrogen and oxygen atoms in total. The van der Waals surface area contributed by atoms with Crippen molar-refractivity contribution >= 4 is 5.82 Å². The van der Waals surface area contributed by atoms with Gasteiger partial charge in [-0.2, -0.15) is 0 Å². The van der Waals surface area contributed by atoms with Gasteiger partial charge in [0, 0.05) is 31.1 Å². The van der Waals surface area contributed by atoms with E-state index in [2.05, 4.69) is 33.9 Å². The molecular formula is C15H24N4O. The second-order valence-electron chi connectivity index (χ2n) is 6.59. The van der Waals surface area contributed by atoms with Crippen molar-refractivity contribution in [1.82, 2.24) is 14.9 Å². The van der Waals surface area contributed by atoms with Crippen LogP contribution >= 0.6 is 0 Å². The van der Waals surface area contributed by atoms with Crippen LogP contribution in [-0.2, 0) is 0 Å². The molecule has 0 unspecified atom stereocenters. The second kappa shape index (κ2) is 4.88. The maximum Gasteiger partial charge on any atom is 0.252 e. The Morgan fingerprint density at radius 1 is 1.35 bits per heavy atom. The van der Waals surface area contributed by atoms with Gasteiger partial charge in [-0.3, -0.25) is 4.79 Å². The molecule has 1 heterocycles. The van der Waals surface area contributed by atoms with Crippen LogP contribution in [0.5, 0.6) is 0 Å². The van der Waals surface area contributed by atoms with E-state index in [1.807, 2.05) is 7.05 Å². The number of aromatic amines is 1. The van der Waals surface area contributed by atoms with E-state index in [1.54, 1.807) is 6.07 Å². The Kier molecular flexibility index (Phi) is 3.32. The summed E-state index contributed by atoms with van der Waals surface area (Å²) >= 11 is 0. The third-order valence-electron chi connectivity index (χ3n) is 4.87. The van der Waals surface area contributed by atoms with Crippen molar-refractivity contribution in [3.05, 3.63) is 22.2 Å². The molecule has 2 aliphatic rings. The minimum atomic E-state index is -0.0312. The van der Waals surface area contributed by atoms with Gasteiger partial charge in [-0.25, -0.2) is 4.98 Å². The molecule has 1 N–H and O–H groups in total. The van der Waals surface area contributed by atoms with Crippen LogP contribution in [-0.4, -0.2) is 48.1 Å². The molecular weight excluding hydrogens is 252 g/mol. The number of likely N-dealkylation sites (N-methyl/N-ethyl adjacent to an activating group) is 2. The van der Waals surface area contributed by atoms with Crippen LogP contribution < -0.4 is 10.5 Å². The number of anilines is 1. The van der Waals surface area contributed by atoms with Crippen LogP contribution in [0.2, 0.25) is 0 Å². The van der Waals surface area contributed by atoms with Gasteiger partial charge in [0.15, 0.2) is 0 Å². The van der Waals surface area contributed by atoms with Gasteiger partial charge in [0.1, 0.15) is 11.6 Å². The molecule has 20 heavy (non-hydrogen) atoms. The van der Waals surface area contributed by atoms with Crippen molar-refractivity contribution in [2.24, 2.45) is 0 Å². The Morgan fingerprint density at radius 3 is 2.55 bits per heavy atom. The van der Waals surface area contributed by atoms with Crippen molar-refractivity contribution in [2.45, 2.75) is 43.6 Å². The van der Waals surface area contributed by atoms with E-state index in [1.165, 1.54) is 19.3 Å². The summed E-state index contributed by atoms with van der Waals surface area (Å²) in [6, 6.07) is 1.62. The van der Waals surface area contributed by atoms with Crippen LogP contribution in [0, 0.1) is 0 Å². The molecule has 0 amide bonds. The minimum absolute atomic E-state index is 0.0312. The Balaban J connectivity index is 1.79. The zero-order chi connectivity index (χ0) is 14.3. The van der Waals surface area contributed by atoms with Crippen molar-refractivity contribution < 1.29 is 0 Å². The lowest BCUT2D eigenvalue weighted by Crippen LogP contribution is -2.57. The molecule has 0 radical (unpaired) electrons. The monoisotopic (exact) mass is 276 g/mol. The average molecular weight is 276 g/mol.